The van der Waals surface area contributed by atoms with Gasteiger partial charge in [0.1, 0.15) is 0 Å². The molecule has 1 aromatic rings. The van der Waals surface area contributed by atoms with Gasteiger partial charge in [0.15, 0.2) is 35.9 Å². The minimum atomic E-state index is -1.54. The van der Waals surface area contributed by atoms with Gasteiger partial charge in [-0.05, 0) is 23.1 Å². The van der Waals surface area contributed by atoms with Crippen molar-refractivity contribution in [2.24, 2.45) is 5.41 Å². The van der Waals surface area contributed by atoms with E-state index in [1.54, 1.807) is 12.1 Å². The molecule has 6 atom stereocenters. The van der Waals surface area contributed by atoms with Crippen LogP contribution in [0.2, 0.25) is 0 Å². The first-order valence-corrected chi connectivity index (χ1v) is 12.3. The van der Waals surface area contributed by atoms with Gasteiger partial charge in [0.25, 0.3) is 0 Å². The second-order valence-corrected chi connectivity index (χ2v) is 10.1. The van der Waals surface area contributed by atoms with Gasteiger partial charge in [-0.1, -0.05) is 39.0 Å². The Morgan fingerprint density at radius 3 is 2.08 bits per heavy atom. The van der Waals surface area contributed by atoms with E-state index >= 15 is 0 Å². The fourth-order valence-electron chi connectivity index (χ4n) is 4.09. The average Bonchev–Trinajstić information content (AvgIpc) is 3.30. The van der Waals surface area contributed by atoms with Crippen molar-refractivity contribution in [3.05, 3.63) is 29.8 Å². The molecule has 1 unspecified atom stereocenters. The highest BCUT2D eigenvalue weighted by Crippen LogP contribution is 2.35. The lowest BCUT2D eigenvalue weighted by molar-refractivity contribution is -0.312. The first-order valence-electron chi connectivity index (χ1n) is 12.3. The Labute approximate surface area is 226 Å². The van der Waals surface area contributed by atoms with Crippen molar-refractivity contribution < 1.29 is 57.1 Å². The van der Waals surface area contributed by atoms with Gasteiger partial charge >= 0.3 is 23.9 Å². The lowest BCUT2D eigenvalue weighted by Gasteiger charge is -2.45. The average molecular weight is 551 g/mol. The zero-order valence-corrected chi connectivity index (χ0v) is 23.0. The molecule has 2 aliphatic heterocycles. The smallest absolute Gasteiger partial charge is 0.339 e. The van der Waals surface area contributed by atoms with Gasteiger partial charge in [-0.15, -0.1) is 0 Å². The number of carbonyl (C=O) groups excluding carboxylic acids is 4. The van der Waals surface area contributed by atoms with Crippen molar-refractivity contribution in [1.82, 2.24) is 0 Å². The Balaban J connectivity index is 1.98. The van der Waals surface area contributed by atoms with Crippen molar-refractivity contribution in [3.8, 4) is 11.5 Å². The highest BCUT2D eigenvalue weighted by Gasteiger charge is 2.56. The largest absolute Gasteiger partial charge is 0.467 e. The van der Waals surface area contributed by atoms with Gasteiger partial charge < -0.3 is 37.9 Å². The molecule has 214 valence electrons. The number of methoxy groups -OCH3 is 1. The second kappa shape index (κ2) is 12.5. The Morgan fingerprint density at radius 2 is 1.49 bits per heavy atom. The standard InChI is InChI=1S/C27H34O12/c1-14(28)35-21-22(36-15(2)29)24(37-16(3)30)26(39-23(21)25(31)32-7)38-20(27(4,5)6)11-9-17-8-10-18-19(12-17)34-13-33-18/h8-12,20-24,26H,13H2,1-7H3/b11-9+/t20?,21-,22-,23-,24+,26+/m0/s1. The molecule has 0 aliphatic carbocycles. The summed E-state index contributed by atoms with van der Waals surface area (Å²) in [5.74, 6) is -1.95. The molecule has 0 bridgehead atoms. The van der Waals surface area contributed by atoms with Crippen LogP contribution in [-0.4, -0.2) is 74.6 Å². The molecule has 2 heterocycles. The molecule has 0 aromatic heterocycles. The molecule has 3 rings (SSSR count). The van der Waals surface area contributed by atoms with Crippen molar-refractivity contribution >= 4 is 30.0 Å². The van der Waals surface area contributed by atoms with E-state index in [0.717, 1.165) is 33.4 Å². The van der Waals surface area contributed by atoms with E-state index in [9.17, 15) is 19.2 Å². The zero-order valence-electron chi connectivity index (χ0n) is 23.0. The third-order valence-electron chi connectivity index (χ3n) is 5.83. The van der Waals surface area contributed by atoms with Crippen molar-refractivity contribution in [2.45, 2.75) is 78.4 Å². The van der Waals surface area contributed by atoms with Crippen LogP contribution in [0.5, 0.6) is 11.5 Å². The Kier molecular flexibility index (Phi) is 9.57. The lowest BCUT2D eigenvalue weighted by atomic mass is 9.88. The quantitative estimate of drug-likeness (QED) is 0.347. The summed E-state index contributed by atoms with van der Waals surface area (Å²) in [4.78, 5) is 48.6. The third kappa shape index (κ3) is 7.70. The molecule has 12 heteroatoms. The van der Waals surface area contributed by atoms with Crippen LogP contribution in [0, 0.1) is 5.41 Å². The monoisotopic (exact) mass is 550 g/mol. The molecule has 1 aromatic carbocycles. The first kappa shape index (κ1) is 29.9. The number of fused-ring (bicyclic) bond motifs is 1. The predicted molar refractivity (Wildman–Crippen MR) is 133 cm³/mol. The molecule has 0 N–H and O–H groups in total. The fourth-order valence-corrected chi connectivity index (χ4v) is 4.09. The van der Waals surface area contributed by atoms with Gasteiger partial charge in [0.05, 0.1) is 13.2 Å². The molecule has 0 amide bonds. The van der Waals surface area contributed by atoms with Gasteiger partial charge in [0, 0.05) is 20.8 Å². The number of ether oxygens (including phenoxy) is 8. The minimum Gasteiger partial charge on any atom is -0.467 e. The molecule has 0 radical (unpaired) electrons. The normalized spacial score (nSPS) is 25.1. The number of hydrogen-bond donors (Lipinski definition) is 0. The number of rotatable bonds is 8. The summed E-state index contributed by atoms with van der Waals surface area (Å²) in [5, 5.41) is 0. The predicted octanol–water partition coefficient (Wildman–Crippen LogP) is 2.55. The Hall–Kier alpha value is -3.64. The third-order valence-corrected chi connectivity index (χ3v) is 5.83. The van der Waals surface area contributed by atoms with Gasteiger partial charge in [-0.25, -0.2) is 4.79 Å². The first-order chi connectivity index (χ1) is 18.3. The van der Waals surface area contributed by atoms with E-state index in [4.69, 9.17) is 37.9 Å². The number of benzene rings is 1. The van der Waals surface area contributed by atoms with Crippen LogP contribution in [0.1, 0.15) is 47.1 Å². The summed E-state index contributed by atoms with van der Waals surface area (Å²) < 4.78 is 44.0. The van der Waals surface area contributed by atoms with E-state index in [-0.39, 0.29) is 6.79 Å². The fraction of sp³-hybridized carbons (Fsp3) is 0.556. The van der Waals surface area contributed by atoms with Crippen LogP contribution in [0.4, 0.5) is 0 Å². The molecule has 1 fully saturated rings. The number of esters is 4. The summed E-state index contributed by atoms with van der Waals surface area (Å²) >= 11 is 0. The van der Waals surface area contributed by atoms with Crippen LogP contribution >= 0.6 is 0 Å². The van der Waals surface area contributed by atoms with E-state index in [2.05, 4.69) is 0 Å². The molecule has 12 nitrogen and oxygen atoms in total. The maximum atomic E-state index is 12.7. The maximum Gasteiger partial charge on any atom is 0.339 e. The number of carbonyl (C=O) groups is 4. The van der Waals surface area contributed by atoms with E-state index in [1.807, 2.05) is 39.0 Å². The van der Waals surface area contributed by atoms with E-state index < -0.39 is 66.1 Å². The summed E-state index contributed by atoms with van der Waals surface area (Å²) in [5.41, 5.74) is 0.278. The highest BCUT2D eigenvalue weighted by atomic mass is 16.7. The van der Waals surface area contributed by atoms with Crippen molar-refractivity contribution in [1.29, 1.82) is 0 Å². The Bertz CT molecular complexity index is 1100. The van der Waals surface area contributed by atoms with E-state index in [0.29, 0.717) is 11.5 Å². The summed E-state index contributed by atoms with van der Waals surface area (Å²) in [6.45, 7) is 9.26. The molecule has 0 spiro atoms. The second-order valence-electron chi connectivity index (χ2n) is 10.1. The Morgan fingerprint density at radius 1 is 0.897 bits per heavy atom. The van der Waals surface area contributed by atoms with Gasteiger partial charge in [-0.2, -0.15) is 0 Å². The van der Waals surface area contributed by atoms with E-state index in [1.165, 1.54) is 0 Å². The van der Waals surface area contributed by atoms with Crippen LogP contribution in [0.3, 0.4) is 0 Å². The number of hydrogen-bond acceptors (Lipinski definition) is 12. The zero-order chi connectivity index (χ0) is 28.9. The summed E-state index contributed by atoms with van der Waals surface area (Å²) in [6, 6.07) is 5.44. The molecular weight excluding hydrogens is 516 g/mol. The van der Waals surface area contributed by atoms with Gasteiger partial charge in [0.2, 0.25) is 13.1 Å². The molecule has 39 heavy (non-hydrogen) atoms. The van der Waals surface area contributed by atoms with Crippen LogP contribution in [-0.2, 0) is 47.6 Å². The SMILES string of the molecule is COC(=O)[C@H]1O[C@@H](OC(/C=C/c2ccc3c(c2)OCO3)C(C)(C)C)[C@H](OC(C)=O)[C@@H](OC(C)=O)[C@@H]1OC(C)=O. The van der Waals surface area contributed by atoms with Crippen LogP contribution in [0.25, 0.3) is 6.08 Å². The minimum absolute atomic E-state index is 0.145. The molecule has 2 aliphatic rings. The van der Waals surface area contributed by atoms with Crippen molar-refractivity contribution in [3.63, 3.8) is 0 Å². The van der Waals surface area contributed by atoms with Crippen LogP contribution in [0.15, 0.2) is 24.3 Å². The highest BCUT2D eigenvalue weighted by molar-refractivity contribution is 5.77. The van der Waals surface area contributed by atoms with Gasteiger partial charge in [-0.3, -0.25) is 14.4 Å². The molecular formula is C27H34O12. The summed E-state index contributed by atoms with van der Waals surface area (Å²) in [7, 11) is 1.12. The molecule has 1 saturated heterocycles. The summed E-state index contributed by atoms with van der Waals surface area (Å²) in [6.07, 6.45) is -4.34. The molecule has 0 saturated carbocycles. The lowest BCUT2D eigenvalue weighted by Crippen LogP contribution is -2.64. The van der Waals surface area contributed by atoms with Crippen LogP contribution < -0.4 is 9.47 Å². The topological polar surface area (TPSA) is 142 Å². The van der Waals surface area contributed by atoms with Crippen molar-refractivity contribution in [2.75, 3.05) is 13.9 Å². The maximum absolute atomic E-state index is 12.7.